The van der Waals surface area contributed by atoms with Gasteiger partial charge in [0.25, 0.3) is 5.69 Å². The molecular weight excluding hydrogens is 360 g/mol. The summed E-state index contributed by atoms with van der Waals surface area (Å²) in [5, 5.41) is 18.8. The summed E-state index contributed by atoms with van der Waals surface area (Å²) in [6.07, 6.45) is 4.80. The maximum atomic E-state index is 10.7. The van der Waals surface area contributed by atoms with Crippen LogP contribution >= 0.6 is 12.2 Å². The van der Waals surface area contributed by atoms with E-state index >= 15 is 0 Å². The van der Waals surface area contributed by atoms with Crippen LogP contribution in [0, 0.1) is 10.1 Å². The van der Waals surface area contributed by atoms with Crippen LogP contribution in [0.2, 0.25) is 0 Å². The van der Waals surface area contributed by atoms with Crippen LogP contribution in [0.5, 0.6) is 0 Å². The molecule has 1 aromatic heterocycles. The van der Waals surface area contributed by atoms with E-state index in [0.29, 0.717) is 17.3 Å². The lowest BCUT2D eigenvalue weighted by Crippen LogP contribution is -2.27. The molecule has 0 saturated carbocycles. The molecule has 1 heterocycles. The Morgan fingerprint density at radius 3 is 2.70 bits per heavy atom. The molecule has 3 N–H and O–H groups in total. The fourth-order valence-electron chi connectivity index (χ4n) is 3.59. The normalized spacial score (nSPS) is 13.2. The number of nitro groups is 1. The second kappa shape index (κ2) is 7.36. The average molecular weight is 380 g/mol. The minimum Gasteiger partial charge on any atom is -0.358 e. The third-order valence-electron chi connectivity index (χ3n) is 4.95. The molecule has 0 saturated heterocycles. The van der Waals surface area contributed by atoms with Crippen LogP contribution in [0.1, 0.15) is 29.7 Å². The van der Waals surface area contributed by atoms with Crippen molar-refractivity contribution in [2.45, 2.75) is 32.2 Å². The Labute approximate surface area is 162 Å². The second-order valence-electron chi connectivity index (χ2n) is 6.78. The molecule has 0 atom stereocenters. The van der Waals surface area contributed by atoms with Crippen molar-refractivity contribution in [1.29, 1.82) is 0 Å². The smallest absolute Gasteiger partial charge is 0.269 e. The number of anilines is 1. The molecule has 0 bridgehead atoms. The van der Waals surface area contributed by atoms with Gasteiger partial charge in [-0.3, -0.25) is 10.1 Å². The maximum absolute atomic E-state index is 10.7. The number of nitro benzene ring substituents is 1. The third-order valence-corrected chi connectivity index (χ3v) is 5.20. The lowest BCUT2D eigenvalue weighted by atomic mass is 9.95. The van der Waals surface area contributed by atoms with Gasteiger partial charge in [-0.25, -0.2) is 0 Å². The average Bonchev–Trinajstić information content (AvgIpc) is 3.05. The summed E-state index contributed by atoms with van der Waals surface area (Å²) < 4.78 is 0. The van der Waals surface area contributed by atoms with Gasteiger partial charge in [0.2, 0.25) is 0 Å². The van der Waals surface area contributed by atoms with Crippen LogP contribution < -0.4 is 10.6 Å². The van der Waals surface area contributed by atoms with E-state index in [0.717, 1.165) is 12.8 Å². The number of nitrogens with one attached hydrogen (secondary N) is 3. The molecule has 27 heavy (non-hydrogen) atoms. The Kier molecular flexibility index (Phi) is 4.77. The third kappa shape index (κ3) is 3.78. The molecule has 7 heteroatoms. The summed E-state index contributed by atoms with van der Waals surface area (Å²) in [6.45, 7) is 0.620. The number of hydrogen-bond donors (Lipinski definition) is 3. The van der Waals surface area contributed by atoms with Gasteiger partial charge >= 0.3 is 0 Å². The fourth-order valence-corrected chi connectivity index (χ4v) is 3.78. The Hall–Kier alpha value is -2.93. The van der Waals surface area contributed by atoms with Gasteiger partial charge in [0.15, 0.2) is 5.11 Å². The molecule has 0 unspecified atom stereocenters. The largest absolute Gasteiger partial charge is 0.358 e. The molecule has 0 aliphatic heterocycles. The van der Waals surface area contributed by atoms with Crippen molar-refractivity contribution in [3.63, 3.8) is 0 Å². The van der Waals surface area contributed by atoms with Crippen molar-refractivity contribution in [1.82, 2.24) is 10.3 Å². The molecule has 6 nitrogen and oxygen atoms in total. The van der Waals surface area contributed by atoms with Crippen molar-refractivity contribution < 1.29 is 4.92 Å². The van der Waals surface area contributed by atoms with Crippen LogP contribution in [0.3, 0.4) is 0 Å². The van der Waals surface area contributed by atoms with Crippen molar-refractivity contribution in [3.8, 4) is 0 Å². The summed E-state index contributed by atoms with van der Waals surface area (Å²) in [4.78, 5) is 13.8. The molecule has 4 rings (SSSR count). The van der Waals surface area contributed by atoms with Crippen molar-refractivity contribution >= 4 is 39.6 Å². The molecule has 0 amide bonds. The number of aryl methyl sites for hydroxylation is 2. The molecule has 1 aliphatic carbocycles. The first-order valence-electron chi connectivity index (χ1n) is 9.02. The quantitative estimate of drug-likeness (QED) is 0.354. The monoisotopic (exact) mass is 380 g/mol. The SMILES string of the molecule is O=[N+]([O-])c1ccc(NC(=S)NCc2ccc3[nH]c4c(c3c2)CCCC4)cc1. The summed E-state index contributed by atoms with van der Waals surface area (Å²) in [5.74, 6) is 0. The molecule has 0 radical (unpaired) electrons. The van der Waals surface area contributed by atoms with E-state index in [1.807, 2.05) is 0 Å². The molecule has 0 fully saturated rings. The Balaban J connectivity index is 1.40. The van der Waals surface area contributed by atoms with Crippen LogP contribution in [0.4, 0.5) is 11.4 Å². The topological polar surface area (TPSA) is 83.0 Å². The first-order chi connectivity index (χ1) is 13.1. The van der Waals surface area contributed by atoms with Crippen molar-refractivity contribution in [2.24, 2.45) is 0 Å². The number of nitrogens with zero attached hydrogens (tertiary/aromatic N) is 1. The van der Waals surface area contributed by atoms with Crippen LogP contribution in [0.25, 0.3) is 10.9 Å². The molecule has 138 valence electrons. The van der Waals surface area contributed by atoms with Gasteiger partial charge in [0.1, 0.15) is 0 Å². The highest BCUT2D eigenvalue weighted by Gasteiger charge is 2.15. The number of aromatic amines is 1. The van der Waals surface area contributed by atoms with E-state index in [1.54, 1.807) is 12.1 Å². The number of rotatable bonds is 4. The van der Waals surface area contributed by atoms with Crippen molar-refractivity contribution in [2.75, 3.05) is 5.32 Å². The second-order valence-corrected chi connectivity index (χ2v) is 7.19. The van der Waals surface area contributed by atoms with Gasteiger partial charge in [-0.2, -0.15) is 0 Å². The summed E-state index contributed by atoms with van der Waals surface area (Å²) in [5.41, 5.74) is 6.00. The number of hydrogen-bond acceptors (Lipinski definition) is 3. The molecule has 3 aromatic rings. The van der Waals surface area contributed by atoms with Gasteiger partial charge in [0.05, 0.1) is 4.92 Å². The minimum absolute atomic E-state index is 0.0579. The first-order valence-corrected chi connectivity index (χ1v) is 9.42. The van der Waals surface area contributed by atoms with Crippen LogP contribution in [-0.4, -0.2) is 15.0 Å². The number of H-pyrrole nitrogens is 1. The summed E-state index contributed by atoms with van der Waals surface area (Å²) in [7, 11) is 0. The van der Waals surface area contributed by atoms with Crippen molar-refractivity contribution in [3.05, 3.63) is 69.4 Å². The number of aromatic nitrogens is 1. The highest BCUT2D eigenvalue weighted by Crippen LogP contribution is 2.29. The van der Waals surface area contributed by atoms with E-state index in [-0.39, 0.29) is 5.69 Å². The van der Waals surface area contributed by atoms with Crippen LogP contribution in [0.15, 0.2) is 42.5 Å². The number of non-ortho nitro benzene ring substituents is 1. The molecular formula is C20H20N4O2S. The van der Waals surface area contributed by atoms with Gasteiger partial charge < -0.3 is 15.6 Å². The predicted octanol–water partition coefficient (Wildman–Crippen LogP) is 4.44. The zero-order chi connectivity index (χ0) is 18.8. The van der Waals surface area contributed by atoms with E-state index in [9.17, 15) is 10.1 Å². The molecule has 2 aromatic carbocycles. The van der Waals surface area contributed by atoms with Gasteiger partial charge in [-0.15, -0.1) is 0 Å². The van der Waals surface area contributed by atoms with Gasteiger partial charge in [0, 0.05) is 41.0 Å². The zero-order valence-electron chi connectivity index (χ0n) is 14.7. The Morgan fingerprint density at radius 1 is 1.15 bits per heavy atom. The minimum atomic E-state index is -0.420. The lowest BCUT2D eigenvalue weighted by Gasteiger charge is -2.12. The molecule has 1 aliphatic rings. The Bertz CT molecular complexity index is 1010. The Morgan fingerprint density at radius 2 is 1.93 bits per heavy atom. The van der Waals surface area contributed by atoms with Gasteiger partial charge in [-0.05, 0) is 73.3 Å². The van der Waals surface area contributed by atoms with E-state index in [4.69, 9.17) is 12.2 Å². The zero-order valence-corrected chi connectivity index (χ0v) is 15.6. The standard InChI is InChI=1S/C20H20N4O2S/c25-24(26)15-8-6-14(7-9-15)22-20(27)21-12-13-5-10-19-17(11-13)16-3-1-2-4-18(16)23-19/h5-11,23H,1-4,12H2,(H2,21,22,27). The highest BCUT2D eigenvalue weighted by atomic mass is 32.1. The summed E-state index contributed by atoms with van der Waals surface area (Å²) >= 11 is 5.33. The first kappa shape index (κ1) is 17.5. The predicted molar refractivity (Wildman–Crippen MR) is 111 cm³/mol. The molecule has 0 spiro atoms. The fraction of sp³-hybridized carbons (Fsp3) is 0.250. The number of thiocarbonyl (C=S) groups is 1. The van der Waals surface area contributed by atoms with Gasteiger partial charge in [-0.1, -0.05) is 6.07 Å². The van der Waals surface area contributed by atoms with Crippen LogP contribution in [-0.2, 0) is 19.4 Å². The van der Waals surface area contributed by atoms with E-state index in [1.165, 1.54) is 52.7 Å². The summed E-state index contributed by atoms with van der Waals surface area (Å²) in [6, 6.07) is 12.7. The van der Waals surface area contributed by atoms with E-state index < -0.39 is 4.92 Å². The van der Waals surface area contributed by atoms with E-state index in [2.05, 4.69) is 33.8 Å². The number of fused-ring (bicyclic) bond motifs is 3. The number of benzene rings is 2. The maximum Gasteiger partial charge on any atom is 0.269 e. The highest BCUT2D eigenvalue weighted by molar-refractivity contribution is 7.80. The lowest BCUT2D eigenvalue weighted by molar-refractivity contribution is -0.384.